The minimum atomic E-state index is -0.877. The summed E-state index contributed by atoms with van der Waals surface area (Å²) in [5.74, 6) is 0. The van der Waals surface area contributed by atoms with E-state index < -0.39 is 7.92 Å². The molecule has 0 spiro atoms. The molecule has 0 aliphatic carbocycles. The molecule has 0 saturated carbocycles. The highest BCUT2D eigenvalue weighted by atomic mass is 35.5. The molecule has 116 valence electrons. The zero-order chi connectivity index (χ0) is 12.9. The molecule has 4 heteroatoms. The lowest BCUT2D eigenvalue weighted by Crippen LogP contribution is -3.00. The van der Waals surface area contributed by atoms with E-state index in [2.05, 4.69) is 91.0 Å². The molecule has 0 saturated heterocycles. The maximum Gasteiger partial charge on any atom is 0.102 e. The third-order valence-electron chi connectivity index (χ3n) is 3.19. The third kappa shape index (κ3) is 5.08. The predicted molar refractivity (Wildman–Crippen MR) is 99.0 cm³/mol. The molecule has 1 atom stereocenters. The molecular weight excluding hydrogens is 349 g/mol. The monoisotopic (exact) mass is 368 g/mol. The Hall–Kier alpha value is -0.900. The van der Waals surface area contributed by atoms with Gasteiger partial charge in [0, 0.05) is 0 Å². The molecule has 1 unspecified atom stereocenters. The van der Waals surface area contributed by atoms with E-state index in [4.69, 9.17) is 0 Å². The van der Waals surface area contributed by atoms with Crippen molar-refractivity contribution in [2.75, 3.05) is 0 Å². The quantitative estimate of drug-likeness (QED) is 0.432. The summed E-state index contributed by atoms with van der Waals surface area (Å²) in [6.07, 6.45) is 0. The van der Waals surface area contributed by atoms with Crippen molar-refractivity contribution in [3.63, 3.8) is 0 Å². The Morgan fingerprint density at radius 3 is 0.864 bits per heavy atom. The topological polar surface area (TPSA) is 0 Å². The van der Waals surface area contributed by atoms with Crippen molar-refractivity contribution in [3.8, 4) is 0 Å². The second-order valence-corrected chi connectivity index (χ2v) is 6.96. The van der Waals surface area contributed by atoms with Crippen molar-refractivity contribution < 1.29 is 24.8 Å². The van der Waals surface area contributed by atoms with E-state index >= 15 is 0 Å². The van der Waals surface area contributed by atoms with Gasteiger partial charge in [-0.1, -0.05) is 54.6 Å². The molecule has 0 amide bonds. The van der Waals surface area contributed by atoms with Gasteiger partial charge in [0.05, 0.1) is 7.92 Å². The number of halogens is 2. The van der Waals surface area contributed by atoms with E-state index in [0.29, 0.717) is 0 Å². The molecule has 3 aromatic rings. The fourth-order valence-corrected chi connectivity index (χ4v) is 4.89. The molecule has 0 aromatic heterocycles. The van der Waals surface area contributed by atoms with Gasteiger partial charge in [0.2, 0.25) is 0 Å². The maximum atomic E-state index is 2.24. The molecular formula is C18H20Cl2P2. The summed E-state index contributed by atoms with van der Waals surface area (Å²) >= 11 is 0. The van der Waals surface area contributed by atoms with Crippen LogP contribution in [0.4, 0.5) is 0 Å². The Bertz CT molecular complexity index is 537. The summed E-state index contributed by atoms with van der Waals surface area (Å²) < 4.78 is 0. The Kier molecular flexibility index (Phi) is 10.3. The Morgan fingerprint density at radius 1 is 0.409 bits per heavy atom. The van der Waals surface area contributed by atoms with Crippen LogP contribution < -0.4 is 40.7 Å². The van der Waals surface area contributed by atoms with E-state index in [0.717, 1.165) is 0 Å². The second-order valence-electron chi connectivity index (χ2n) is 4.47. The molecule has 0 aliphatic rings. The van der Waals surface area contributed by atoms with Crippen molar-refractivity contribution in [1.29, 1.82) is 0 Å². The highest BCUT2D eigenvalue weighted by molar-refractivity contribution is 7.79. The van der Waals surface area contributed by atoms with Gasteiger partial charge >= 0.3 is 0 Å². The average molecular weight is 369 g/mol. The standard InChI is InChI=1S/C18H15P.2ClH.H3P/c1-4-10-16(11-5-1)19(17-12-6-2-7-13-17)18-14-8-3-9-15-18;;;/h1-15H;2*1H;1H3. The summed E-state index contributed by atoms with van der Waals surface area (Å²) in [4.78, 5) is 0. The van der Waals surface area contributed by atoms with Crippen LogP contribution in [0.25, 0.3) is 0 Å². The van der Waals surface area contributed by atoms with Gasteiger partial charge in [0.1, 0.15) is 15.9 Å². The van der Waals surface area contributed by atoms with Crippen molar-refractivity contribution in [3.05, 3.63) is 91.0 Å². The highest BCUT2D eigenvalue weighted by Gasteiger charge is 2.24. The van der Waals surface area contributed by atoms with Crippen molar-refractivity contribution in [2.45, 2.75) is 0 Å². The van der Waals surface area contributed by atoms with Crippen molar-refractivity contribution in [2.24, 2.45) is 0 Å². The van der Waals surface area contributed by atoms with Crippen LogP contribution in [0.5, 0.6) is 0 Å². The van der Waals surface area contributed by atoms with Crippen LogP contribution in [0.15, 0.2) is 91.0 Å². The van der Waals surface area contributed by atoms with Crippen LogP contribution in [-0.4, -0.2) is 0 Å². The fraction of sp³-hybridized carbons (Fsp3) is 0. The molecule has 0 radical (unpaired) electrons. The summed E-state index contributed by atoms with van der Waals surface area (Å²) in [6, 6.07) is 32.5. The smallest absolute Gasteiger partial charge is 0.102 e. The molecule has 0 aliphatic heterocycles. The lowest BCUT2D eigenvalue weighted by molar-refractivity contribution is -0.00100. The van der Waals surface area contributed by atoms with Crippen LogP contribution in [-0.2, 0) is 0 Å². The third-order valence-corrected chi connectivity index (χ3v) is 5.92. The average Bonchev–Trinajstić information content (AvgIpc) is 2.51. The van der Waals surface area contributed by atoms with Crippen LogP contribution >= 0.6 is 17.8 Å². The minimum absolute atomic E-state index is 0. The molecule has 0 fully saturated rings. The summed E-state index contributed by atoms with van der Waals surface area (Å²) in [5.41, 5.74) is 0. The largest absolute Gasteiger partial charge is 1.00 e. The normalized spacial score (nSPS) is 9.14. The molecule has 3 aromatic carbocycles. The maximum absolute atomic E-state index is 2.24. The van der Waals surface area contributed by atoms with Crippen molar-refractivity contribution >= 4 is 33.7 Å². The number of hydrogen-bond donors (Lipinski definition) is 0. The van der Waals surface area contributed by atoms with Crippen LogP contribution in [0.3, 0.4) is 0 Å². The summed E-state index contributed by atoms with van der Waals surface area (Å²) in [5, 5.41) is 4.31. The van der Waals surface area contributed by atoms with Gasteiger partial charge in [-0.3, -0.25) is 0 Å². The Morgan fingerprint density at radius 2 is 0.636 bits per heavy atom. The first-order valence-corrected chi connectivity index (χ1v) is 7.98. The van der Waals surface area contributed by atoms with Gasteiger partial charge in [-0.2, -0.15) is 0 Å². The van der Waals surface area contributed by atoms with E-state index in [1.54, 1.807) is 0 Å². The van der Waals surface area contributed by atoms with E-state index in [-0.39, 0.29) is 34.7 Å². The molecule has 22 heavy (non-hydrogen) atoms. The zero-order valence-corrected chi connectivity index (χ0v) is 16.9. The lowest BCUT2D eigenvalue weighted by Gasteiger charge is -2.10. The van der Waals surface area contributed by atoms with Crippen molar-refractivity contribution in [1.82, 2.24) is 0 Å². The summed E-state index contributed by atoms with van der Waals surface area (Å²) in [6.45, 7) is 0. The summed E-state index contributed by atoms with van der Waals surface area (Å²) in [7, 11) is -0.877. The SMILES string of the molecule is [Cl-].[Cl-].[PH4+].c1ccc([PH+](c2ccccc2)c2ccccc2)cc1. The first kappa shape index (κ1) is 21.1. The van der Waals surface area contributed by atoms with E-state index in [1.165, 1.54) is 15.9 Å². The van der Waals surface area contributed by atoms with E-state index in [9.17, 15) is 0 Å². The van der Waals surface area contributed by atoms with Gasteiger partial charge in [0.25, 0.3) is 0 Å². The Balaban J connectivity index is 0.00000147. The second kappa shape index (κ2) is 10.8. The molecule has 0 N–H and O–H groups in total. The highest BCUT2D eigenvalue weighted by Crippen LogP contribution is 2.32. The van der Waals surface area contributed by atoms with E-state index in [1.807, 2.05) is 0 Å². The van der Waals surface area contributed by atoms with Gasteiger partial charge in [-0.15, -0.1) is 0 Å². The first-order valence-electron chi connectivity index (χ1n) is 6.48. The molecule has 0 heterocycles. The van der Waals surface area contributed by atoms with Gasteiger partial charge in [0.15, 0.2) is 0 Å². The first-order chi connectivity index (χ1) is 9.45. The van der Waals surface area contributed by atoms with Crippen LogP contribution in [0.2, 0.25) is 0 Å². The number of benzene rings is 3. The number of hydrogen-bond acceptors (Lipinski definition) is 0. The lowest BCUT2D eigenvalue weighted by atomic mass is 10.4. The molecule has 0 bridgehead atoms. The van der Waals surface area contributed by atoms with Gasteiger partial charge in [-0.05, 0) is 46.3 Å². The van der Waals surface area contributed by atoms with Gasteiger partial charge < -0.3 is 24.8 Å². The minimum Gasteiger partial charge on any atom is -1.00 e. The molecule has 0 nitrogen and oxygen atoms in total. The fourth-order valence-electron chi connectivity index (χ4n) is 2.31. The van der Waals surface area contributed by atoms with Gasteiger partial charge in [-0.25, -0.2) is 0 Å². The predicted octanol–water partition coefficient (Wildman–Crippen LogP) is -3.02. The Labute approximate surface area is 149 Å². The van der Waals surface area contributed by atoms with Crippen LogP contribution in [0.1, 0.15) is 0 Å². The van der Waals surface area contributed by atoms with Crippen LogP contribution in [0, 0.1) is 0 Å². The molecule has 3 rings (SSSR count). The number of rotatable bonds is 3. The zero-order valence-electron chi connectivity index (χ0n) is 12.4.